The Hall–Kier alpha value is -1.85. The molecule has 0 aliphatic rings. The summed E-state index contributed by atoms with van der Waals surface area (Å²) in [5.41, 5.74) is 0.547. The maximum absolute atomic E-state index is 11.4. The number of ether oxygens (including phenoxy) is 2. The Morgan fingerprint density at radius 2 is 2.14 bits per heavy atom. The van der Waals surface area contributed by atoms with Gasteiger partial charge in [-0.25, -0.2) is 4.79 Å². The number of carboxylic acid groups (broad SMARTS) is 1. The summed E-state index contributed by atoms with van der Waals surface area (Å²) in [5.74, 6) is -0.636. The summed E-state index contributed by atoms with van der Waals surface area (Å²) in [7, 11) is 0. The summed E-state index contributed by atoms with van der Waals surface area (Å²) in [6.45, 7) is 4.11. The van der Waals surface area contributed by atoms with E-state index in [-0.39, 0.29) is 12.5 Å². The summed E-state index contributed by atoms with van der Waals surface area (Å²) >= 11 is 6.11. The van der Waals surface area contributed by atoms with Crippen molar-refractivity contribution in [3.63, 3.8) is 0 Å². The Balaban J connectivity index is 2.20. The van der Waals surface area contributed by atoms with Crippen LogP contribution in [-0.2, 0) is 9.53 Å². The summed E-state index contributed by atoms with van der Waals surface area (Å²) < 4.78 is 11.0. The number of carbonyl (C=O) groups is 1. The molecule has 1 N–H and O–H groups in total. The van der Waals surface area contributed by atoms with Crippen LogP contribution in [0.1, 0.15) is 20.3 Å². The van der Waals surface area contributed by atoms with Crippen LogP contribution in [0.25, 0.3) is 10.9 Å². The van der Waals surface area contributed by atoms with E-state index in [0.29, 0.717) is 22.9 Å². The van der Waals surface area contributed by atoms with Crippen molar-refractivity contribution in [2.24, 2.45) is 0 Å². The zero-order chi connectivity index (χ0) is 16.1. The number of rotatable bonds is 7. The standard InChI is InChI=1S/C16H18ClNO4/c1-10(2)21-9-7-14(16(19)20)22-13-6-5-12(17)11-4-3-8-18-15(11)13/h3-6,8,10,14H,7,9H2,1-2H3,(H,19,20). The summed E-state index contributed by atoms with van der Waals surface area (Å²) in [6.07, 6.45) is 0.922. The highest BCUT2D eigenvalue weighted by Gasteiger charge is 2.21. The molecule has 5 nitrogen and oxygen atoms in total. The van der Waals surface area contributed by atoms with Gasteiger partial charge in [-0.05, 0) is 38.1 Å². The van der Waals surface area contributed by atoms with Gasteiger partial charge in [0.2, 0.25) is 0 Å². The highest BCUT2D eigenvalue weighted by molar-refractivity contribution is 6.35. The van der Waals surface area contributed by atoms with E-state index in [1.54, 1.807) is 24.4 Å². The number of aromatic nitrogens is 1. The molecule has 22 heavy (non-hydrogen) atoms. The fourth-order valence-electron chi connectivity index (χ4n) is 2.00. The van der Waals surface area contributed by atoms with Gasteiger partial charge in [-0.3, -0.25) is 4.98 Å². The van der Waals surface area contributed by atoms with E-state index in [0.717, 1.165) is 5.39 Å². The van der Waals surface area contributed by atoms with Crippen LogP contribution in [0.2, 0.25) is 5.02 Å². The molecule has 1 unspecified atom stereocenters. The van der Waals surface area contributed by atoms with Crippen molar-refractivity contribution in [1.29, 1.82) is 0 Å². The maximum atomic E-state index is 11.4. The van der Waals surface area contributed by atoms with Crippen molar-refractivity contribution >= 4 is 28.5 Å². The van der Waals surface area contributed by atoms with Crippen LogP contribution in [0.15, 0.2) is 30.5 Å². The van der Waals surface area contributed by atoms with E-state index in [2.05, 4.69) is 4.98 Å². The van der Waals surface area contributed by atoms with E-state index in [1.807, 2.05) is 19.9 Å². The number of benzene rings is 1. The molecule has 2 rings (SSSR count). The monoisotopic (exact) mass is 323 g/mol. The van der Waals surface area contributed by atoms with Gasteiger partial charge in [-0.1, -0.05) is 11.6 Å². The van der Waals surface area contributed by atoms with Crippen LogP contribution in [0.5, 0.6) is 5.75 Å². The normalized spacial score (nSPS) is 12.5. The molecule has 0 spiro atoms. The molecule has 1 heterocycles. The Bertz CT molecular complexity index is 660. The van der Waals surface area contributed by atoms with Gasteiger partial charge in [0.15, 0.2) is 6.10 Å². The zero-order valence-electron chi connectivity index (χ0n) is 12.5. The first kappa shape index (κ1) is 16.5. The van der Waals surface area contributed by atoms with E-state index >= 15 is 0 Å². The molecule has 118 valence electrons. The minimum atomic E-state index is -1.04. The van der Waals surface area contributed by atoms with Crippen LogP contribution in [0, 0.1) is 0 Å². The third-order valence-electron chi connectivity index (χ3n) is 3.06. The van der Waals surface area contributed by atoms with E-state index < -0.39 is 12.1 Å². The molecule has 2 aromatic rings. The maximum Gasteiger partial charge on any atom is 0.344 e. The highest BCUT2D eigenvalue weighted by atomic mass is 35.5. The third kappa shape index (κ3) is 4.08. The lowest BCUT2D eigenvalue weighted by Crippen LogP contribution is -2.29. The highest BCUT2D eigenvalue weighted by Crippen LogP contribution is 2.30. The molecule has 0 radical (unpaired) electrons. The second-order valence-corrected chi connectivity index (χ2v) is 5.51. The quantitative estimate of drug-likeness (QED) is 0.844. The largest absolute Gasteiger partial charge is 0.479 e. The number of aliphatic carboxylic acids is 1. The van der Waals surface area contributed by atoms with Crippen LogP contribution in [0.4, 0.5) is 0 Å². The zero-order valence-corrected chi connectivity index (χ0v) is 13.2. The van der Waals surface area contributed by atoms with Crippen LogP contribution < -0.4 is 4.74 Å². The van der Waals surface area contributed by atoms with Gasteiger partial charge in [0.05, 0.1) is 17.7 Å². The Labute approximate surface area is 133 Å². The summed E-state index contributed by atoms with van der Waals surface area (Å²) in [6, 6.07) is 6.89. The average Bonchev–Trinajstić information content (AvgIpc) is 2.48. The summed E-state index contributed by atoms with van der Waals surface area (Å²) in [4.78, 5) is 15.6. The first-order valence-electron chi connectivity index (χ1n) is 7.03. The second-order valence-electron chi connectivity index (χ2n) is 5.10. The fraction of sp³-hybridized carbons (Fsp3) is 0.375. The lowest BCUT2D eigenvalue weighted by Gasteiger charge is -2.17. The number of nitrogens with zero attached hydrogens (tertiary/aromatic N) is 1. The van der Waals surface area contributed by atoms with E-state index in [9.17, 15) is 9.90 Å². The third-order valence-corrected chi connectivity index (χ3v) is 3.38. The molecule has 0 saturated heterocycles. The van der Waals surface area contributed by atoms with Gasteiger partial charge < -0.3 is 14.6 Å². The molecule has 1 aromatic heterocycles. The Morgan fingerprint density at radius 3 is 2.82 bits per heavy atom. The SMILES string of the molecule is CC(C)OCCC(Oc1ccc(Cl)c2cccnc12)C(=O)O. The molecule has 0 saturated carbocycles. The van der Waals surface area contributed by atoms with Crippen LogP contribution in [0.3, 0.4) is 0 Å². The number of carboxylic acids is 1. The number of fused-ring (bicyclic) bond motifs is 1. The van der Waals surface area contributed by atoms with Crippen LogP contribution >= 0.6 is 11.6 Å². The average molecular weight is 324 g/mol. The molecule has 1 atom stereocenters. The van der Waals surface area contributed by atoms with Gasteiger partial charge >= 0.3 is 5.97 Å². The molecular weight excluding hydrogens is 306 g/mol. The molecule has 0 aliphatic heterocycles. The minimum Gasteiger partial charge on any atom is -0.479 e. The second kappa shape index (κ2) is 7.42. The van der Waals surface area contributed by atoms with Gasteiger partial charge in [-0.15, -0.1) is 0 Å². The lowest BCUT2D eigenvalue weighted by molar-refractivity contribution is -0.146. The van der Waals surface area contributed by atoms with Gasteiger partial charge in [0.25, 0.3) is 0 Å². The minimum absolute atomic E-state index is 0.0486. The number of halogens is 1. The van der Waals surface area contributed by atoms with Crippen molar-refractivity contribution < 1.29 is 19.4 Å². The number of hydrogen-bond acceptors (Lipinski definition) is 4. The van der Waals surface area contributed by atoms with Crippen molar-refractivity contribution in [2.75, 3.05) is 6.61 Å². The molecule has 6 heteroatoms. The van der Waals surface area contributed by atoms with Gasteiger partial charge in [0.1, 0.15) is 11.3 Å². The predicted molar refractivity (Wildman–Crippen MR) is 84.5 cm³/mol. The summed E-state index contributed by atoms with van der Waals surface area (Å²) in [5, 5.41) is 10.6. The number of hydrogen-bond donors (Lipinski definition) is 1. The van der Waals surface area contributed by atoms with Gasteiger partial charge in [0, 0.05) is 18.0 Å². The van der Waals surface area contributed by atoms with Crippen molar-refractivity contribution in [3.8, 4) is 5.75 Å². The van der Waals surface area contributed by atoms with Crippen LogP contribution in [-0.4, -0.2) is 34.9 Å². The van der Waals surface area contributed by atoms with E-state index in [1.165, 1.54) is 0 Å². The lowest BCUT2D eigenvalue weighted by atomic mass is 10.2. The Morgan fingerprint density at radius 1 is 1.36 bits per heavy atom. The van der Waals surface area contributed by atoms with E-state index in [4.69, 9.17) is 21.1 Å². The predicted octanol–water partition coefficient (Wildman–Crippen LogP) is 3.54. The van der Waals surface area contributed by atoms with Crippen molar-refractivity contribution in [2.45, 2.75) is 32.5 Å². The molecule has 0 aliphatic carbocycles. The van der Waals surface area contributed by atoms with Crippen molar-refractivity contribution in [1.82, 2.24) is 4.98 Å². The van der Waals surface area contributed by atoms with Crippen molar-refractivity contribution in [3.05, 3.63) is 35.5 Å². The number of pyridine rings is 1. The molecule has 0 bridgehead atoms. The Kier molecular flexibility index (Phi) is 5.57. The molecule has 1 aromatic carbocycles. The first-order chi connectivity index (χ1) is 10.5. The molecule has 0 amide bonds. The topological polar surface area (TPSA) is 68.7 Å². The molecule has 0 fully saturated rings. The smallest absolute Gasteiger partial charge is 0.344 e. The first-order valence-corrected chi connectivity index (χ1v) is 7.41. The van der Waals surface area contributed by atoms with Gasteiger partial charge in [-0.2, -0.15) is 0 Å². The molecular formula is C16H18ClNO4. The fourth-order valence-corrected chi connectivity index (χ4v) is 2.22.